The lowest BCUT2D eigenvalue weighted by atomic mass is 9.88. The van der Waals surface area contributed by atoms with Crippen LogP contribution in [0.5, 0.6) is 5.75 Å². The minimum Gasteiger partial charge on any atom is -0.489 e. The zero-order valence-corrected chi connectivity index (χ0v) is 22.9. The number of rotatable bonds is 4. The Hall–Kier alpha value is -4.12. The lowest BCUT2D eigenvalue weighted by Gasteiger charge is -2.42. The average molecular weight is 507 g/mol. The highest BCUT2D eigenvalue weighted by atomic mass is 16.5. The van der Waals surface area contributed by atoms with Gasteiger partial charge in [0.15, 0.2) is 0 Å². The van der Waals surface area contributed by atoms with Crippen molar-refractivity contribution in [2.75, 3.05) is 16.4 Å². The zero-order valence-electron chi connectivity index (χ0n) is 22.9. The van der Waals surface area contributed by atoms with E-state index in [0.29, 0.717) is 12.2 Å². The van der Waals surface area contributed by atoms with Gasteiger partial charge in [-0.25, -0.2) is 0 Å². The minimum atomic E-state index is -0.475. The summed E-state index contributed by atoms with van der Waals surface area (Å²) >= 11 is 0. The Kier molecular flexibility index (Phi) is 6.26. The van der Waals surface area contributed by atoms with Gasteiger partial charge in [-0.05, 0) is 82.2 Å². The summed E-state index contributed by atoms with van der Waals surface area (Å²) in [6.45, 7) is 12.2. The number of carbonyl (C=O) groups is 2. The van der Waals surface area contributed by atoms with E-state index in [9.17, 15) is 9.59 Å². The summed E-state index contributed by atoms with van der Waals surface area (Å²) in [7, 11) is 0. The Morgan fingerprint density at radius 2 is 1.39 bits per heavy atom. The molecule has 2 heterocycles. The topological polar surface area (TPSA) is 49.9 Å². The maximum absolute atomic E-state index is 13.6. The Morgan fingerprint density at radius 3 is 2.11 bits per heavy atom. The molecule has 0 saturated carbocycles. The number of para-hydroxylation sites is 1. The second kappa shape index (κ2) is 9.32. The van der Waals surface area contributed by atoms with Gasteiger partial charge in [0.1, 0.15) is 12.4 Å². The van der Waals surface area contributed by atoms with E-state index >= 15 is 0 Å². The second-order valence-corrected chi connectivity index (χ2v) is 11.2. The third kappa shape index (κ3) is 4.43. The van der Waals surface area contributed by atoms with E-state index in [2.05, 4.69) is 32.9 Å². The molecule has 2 amide bonds. The first kappa shape index (κ1) is 25.5. The molecule has 0 aromatic heterocycles. The van der Waals surface area contributed by atoms with Gasteiger partial charge in [-0.1, -0.05) is 48.6 Å². The van der Waals surface area contributed by atoms with E-state index in [1.807, 2.05) is 96.4 Å². The van der Waals surface area contributed by atoms with Crippen LogP contribution < -0.4 is 14.5 Å². The van der Waals surface area contributed by atoms with Crippen LogP contribution in [0.25, 0.3) is 11.1 Å². The molecule has 38 heavy (non-hydrogen) atoms. The van der Waals surface area contributed by atoms with E-state index in [4.69, 9.17) is 4.74 Å². The first-order valence-electron chi connectivity index (χ1n) is 13.0. The zero-order chi connectivity index (χ0) is 27.2. The van der Waals surface area contributed by atoms with Crippen LogP contribution in [0.4, 0.5) is 11.4 Å². The number of hydrogen-bond acceptors (Lipinski definition) is 3. The molecule has 0 unspecified atom stereocenters. The summed E-state index contributed by atoms with van der Waals surface area (Å²) in [5, 5.41) is 0. The van der Waals surface area contributed by atoms with Gasteiger partial charge in [-0.2, -0.15) is 0 Å². The van der Waals surface area contributed by atoms with E-state index in [1.54, 1.807) is 6.92 Å². The molecule has 194 valence electrons. The minimum absolute atomic E-state index is 0.00754. The number of fused-ring (bicyclic) bond motifs is 2. The number of benzene rings is 3. The predicted octanol–water partition coefficient (Wildman–Crippen LogP) is 7.14. The molecule has 0 aliphatic carbocycles. The fourth-order valence-corrected chi connectivity index (χ4v) is 5.85. The van der Waals surface area contributed by atoms with Crippen molar-refractivity contribution >= 4 is 34.3 Å². The third-order valence-electron chi connectivity index (χ3n) is 7.31. The van der Waals surface area contributed by atoms with Crippen LogP contribution in [0.1, 0.15) is 63.0 Å². The molecule has 5 rings (SSSR count). The predicted molar refractivity (Wildman–Crippen MR) is 155 cm³/mol. The van der Waals surface area contributed by atoms with Crippen molar-refractivity contribution in [3.8, 4) is 5.75 Å². The summed E-state index contributed by atoms with van der Waals surface area (Å²) in [4.78, 5) is 29.8. The van der Waals surface area contributed by atoms with Gasteiger partial charge in [-0.15, -0.1) is 0 Å². The van der Waals surface area contributed by atoms with Crippen LogP contribution in [0.3, 0.4) is 0 Å². The van der Waals surface area contributed by atoms with Crippen LogP contribution >= 0.6 is 0 Å². The summed E-state index contributed by atoms with van der Waals surface area (Å²) in [6, 6.07) is 23.3. The number of hydrogen-bond donors (Lipinski definition) is 0. The molecule has 5 heteroatoms. The van der Waals surface area contributed by atoms with Crippen molar-refractivity contribution < 1.29 is 14.3 Å². The number of carbonyl (C=O) groups excluding carboxylic acids is 2. The second-order valence-electron chi connectivity index (χ2n) is 11.2. The van der Waals surface area contributed by atoms with Crippen LogP contribution in [0.15, 0.2) is 84.9 Å². The molecular weight excluding hydrogens is 472 g/mol. The summed E-state index contributed by atoms with van der Waals surface area (Å²) in [6.07, 6.45) is 4.25. The fourth-order valence-electron chi connectivity index (χ4n) is 5.85. The first-order valence-corrected chi connectivity index (χ1v) is 13.0. The van der Waals surface area contributed by atoms with Gasteiger partial charge in [0.25, 0.3) is 5.91 Å². The summed E-state index contributed by atoms with van der Waals surface area (Å²) < 4.78 is 6.34. The number of anilines is 2. The number of ether oxygens (including phenoxy) is 1. The SMILES string of the molecule is CC(=O)N1c2ccccc2C(COc2ccc3c(c2)C(C)=CC(C)(C)N3C(=O)c2ccccc2)=CC1(C)C. The highest BCUT2D eigenvalue weighted by molar-refractivity contribution is 6.10. The monoisotopic (exact) mass is 506 g/mol. The van der Waals surface area contributed by atoms with E-state index in [-0.39, 0.29) is 11.8 Å². The van der Waals surface area contributed by atoms with Gasteiger partial charge < -0.3 is 9.64 Å². The molecule has 5 nitrogen and oxygen atoms in total. The highest BCUT2D eigenvalue weighted by Gasteiger charge is 2.37. The molecule has 0 atom stereocenters. The smallest absolute Gasteiger partial charge is 0.259 e. The molecule has 3 aromatic carbocycles. The molecular formula is C33H34N2O3. The molecule has 0 saturated heterocycles. The van der Waals surface area contributed by atoms with Crippen molar-refractivity contribution in [3.05, 3.63) is 102 Å². The average Bonchev–Trinajstić information content (AvgIpc) is 2.86. The van der Waals surface area contributed by atoms with Crippen molar-refractivity contribution in [1.29, 1.82) is 0 Å². The highest BCUT2D eigenvalue weighted by Crippen LogP contribution is 2.42. The fraction of sp³-hybridized carbons (Fsp3) is 0.273. The van der Waals surface area contributed by atoms with Gasteiger partial charge in [-0.3, -0.25) is 14.5 Å². The summed E-state index contributed by atoms with van der Waals surface area (Å²) in [5.41, 5.74) is 5.59. The molecule has 3 aromatic rings. The van der Waals surface area contributed by atoms with Crippen LogP contribution in [-0.2, 0) is 4.79 Å². The lowest BCUT2D eigenvalue weighted by molar-refractivity contribution is -0.117. The quantitative estimate of drug-likeness (QED) is 0.378. The van der Waals surface area contributed by atoms with E-state index in [1.165, 1.54) is 0 Å². The molecule has 0 bridgehead atoms. The normalized spacial score (nSPS) is 17.1. The molecule has 0 radical (unpaired) electrons. The van der Waals surface area contributed by atoms with Crippen LogP contribution in [0, 0.1) is 0 Å². The molecule has 2 aliphatic heterocycles. The number of nitrogens with zero attached hydrogens (tertiary/aromatic N) is 2. The standard InChI is InChI=1S/C33H34N2O3/c1-22-19-32(3,4)35(31(37)24-12-8-7-9-13-24)30-17-16-26(18-28(22)30)38-21-25-20-33(5,6)34(23(2)36)29-15-11-10-14-27(25)29/h7-20H,21H2,1-6H3. The van der Waals surface area contributed by atoms with Crippen molar-refractivity contribution in [1.82, 2.24) is 0 Å². The van der Waals surface area contributed by atoms with Gasteiger partial charge in [0, 0.05) is 23.6 Å². The van der Waals surface area contributed by atoms with Crippen molar-refractivity contribution in [2.45, 2.75) is 52.6 Å². The van der Waals surface area contributed by atoms with E-state index < -0.39 is 11.1 Å². The Balaban J connectivity index is 1.46. The third-order valence-corrected chi connectivity index (χ3v) is 7.31. The molecule has 0 fully saturated rings. The van der Waals surface area contributed by atoms with Crippen molar-refractivity contribution in [3.63, 3.8) is 0 Å². The number of allylic oxidation sites excluding steroid dienone is 1. The van der Waals surface area contributed by atoms with Crippen LogP contribution in [-0.4, -0.2) is 29.5 Å². The summed E-state index contributed by atoms with van der Waals surface area (Å²) in [5.74, 6) is 0.706. The molecule has 0 N–H and O–H groups in total. The Bertz CT molecular complexity index is 1480. The maximum atomic E-state index is 13.6. The lowest BCUT2D eigenvalue weighted by Crippen LogP contribution is -2.49. The first-order chi connectivity index (χ1) is 18.0. The molecule has 2 aliphatic rings. The number of amides is 2. The van der Waals surface area contributed by atoms with Gasteiger partial charge in [0.2, 0.25) is 5.91 Å². The largest absolute Gasteiger partial charge is 0.489 e. The van der Waals surface area contributed by atoms with Crippen molar-refractivity contribution in [2.24, 2.45) is 0 Å². The van der Waals surface area contributed by atoms with Crippen LogP contribution in [0.2, 0.25) is 0 Å². The van der Waals surface area contributed by atoms with Gasteiger partial charge >= 0.3 is 0 Å². The molecule has 0 spiro atoms. The maximum Gasteiger partial charge on any atom is 0.259 e. The Labute approximate surface area is 225 Å². The Morgan fingerprint density at radius 1 is 0.763 bits per heavy atom. The van der Waals surface area contributed by atoms with E-state index in [0.717, 1.165) is 39.4 Å². The van der Waals surface area contributed by atoms with Gasteiger partial charge in [0.05, 0.1) is 22.5 Å².